The summed E-state index contributed by atoms with van der Waals surface area (Å²) in [5, 5.41) is 16.9. The first-order chi connectivity index (χ1) is 13.8. The van der Waals surface area contributed by atoms with Gasteiger partial charge in [0.25, 0.3) is 5.91 Å². The van der Waals surface area contributed by atoms with Crippen LogP contribution in [-0.4, -0.2) is 48.3 Å². The Kier molecular flexibility index (Phi) is 14.1. The lowest BCUT2D eigenvalue weighted by Gasteiger charge is -2.13. The standard InChI is InChI=1S/C19H29N3O4.CO2/c1-14-6-9-16(10-7-14)18(25)20-12-4-3-5-13-21-19(26)22-15(2)8-11-17(23)24;2-1-3/h6-7,9-10,15H,3-5,8,11-13H2,1-2H3,(H,20,25)(H,23,24)(H2,21,22,26);. The topological polar surface area (TPSA) is 142 Å². The third-order valence-corrected chi connectivity index (χ3v) is 3.91. The molecule has 1 aromatic carbocycles. The normalized spacial score (nSPS) is 10.6. The van der Waals surface area contributed by atoms with Gasteiger partial charge >= 0.3 is 18.2 Å². The molecule has 3 amide bonds. The van der Waals surface area contributed by atoms with Crippen molar-refractivity contribution in [2.45, 2.75) is 52.0 Å². The second-order valence-corrected chi connectivity index (χ2v) is 6.50. The number of aryl methyl sites for hydroxylation is 1. The zero-order valence-electron chi connectivity index (χ0n) is 16.8. The molecule has 0 radical (unpaired) electrons. The van der Waals surface area contributed by atoms with E-state index in [2.05, 4.69) is 16.0 Å². The number of nitrogens with one attached hydrogen (secondary N) is 3. The van der Waals surface area contributed by atoms with Crippen LogP contribution < -0.4 is 16.0 Å². The number of aliphatic carboxylic acids is 1. The molecule has 1 atom stereocenters. The summed E-state index contributed by atoms with van der Waals surface area (Å²) in [6, 6.07) is 6.98. The molecular formula is C20H29N3O6. The Bertz CT molecular complexity index is 669. The number of rotatable bonds is 11. The largest absolute Gasteiger partial charge is 0.481 e. The molecule has 0 fully saturated rings. The second kappa shape index (κ2) is 15.8. The van der Waals surface area contributed by atoms with E-state index in [9.17, 15) is 14.4 Å². The molecule has 160 valence electrons. The molecule has 1 unspecified atom stereocenters. The number of urea groups is 1. The van der Waals surface area contributed by atoms with Crippen LogP contribution in [0.5, 0.6) is 0 Å². The fraction of sp³-hybridized carbons (Fsp3) is 0.500. The lowest BCUT2D eigenvalue weighted by atomic mass is 10.1. The van der Waals surface area contributed by atoms with Crippen LogP contribution >= 0.6 is 0 Å². The Morgan fingerprint density at radius 1 is 1.00 bits per heavy atom. The predicted octanol–water partition coefficient (Wildman–Crippen LogP) is 1.86. The fourth-order valence-corrected chi connectivity index (χ4v) is 2.32. The van der Waals surface area contributed by atoms with Gasteiger partial charge in [-0.15, -0.1) is 0 Å². The van der Waals surface area contributed by atoms with Crippen molar-refractivity contribution >= 4 is 24.1 Å². The highest BCUT2D eigenvalue weighted by atomic mass is 16.4. The van der Waals surface area contributed by atoms with Gasteiger partial charge in [0.1, 0.15) is 0 Å². The molecule has 29 heavy (non-hydrogen) atoms. The Morgan fingerprint density at radius 3 is 2.10 bits per heavy atom. The first-order valence-electron chi connectivity index (χ1n) is 9.40. The van der Waals surface area contributed by atoms with E-state index in [-0.39, 0.29) is 30.6 Å². The van der Waals surface area contributed by atoms with Crippen molar-refractivity contribution in [1.82, 2.24) is 16.0 Å². The minimum Gasteiger partial charge on any atom is -0.481 e. The molecule has 0 bridgehead atoms. The highest BCUT2D eigenvalue weighted by Gasteiger charge is 2.08. The first kappa shape index (κ1) is 25.8. The van der Waals surface area contributed by atoms with Gasteiger partial charge in [0.05, 0.1) is 0 Å². The Hall–Kier alpha value is -3.19. The molecule has 9 heteroatoms. The monoisotopic (exact) mass is 407 g/mol. The summed E-state index contributed by atoms with van der Waals surface area (Å²) in [6.07, 6.45) is 3.25. The van der Waals surface area contributed by atoms with E-state index in [1.54, 1.807) is 6.92 Å². The number of carboxylic acids is 1. The number of carbonyl (C=O) groups is 3. The molecule has 0 aliphatic carbocycles. The number of carboxylic acid groups (broad SMARTS) is 1. The molecule has 4 N–H and O–H groups in total. The van der Waals surface area contributed by atoms with Crippen LogP contribution in [0.1, 0.15) is 54.9 Å². The van der Waals surface area contributed by atoms with Gasteiger partial charge in [-0.2, -0.15) is 9.59 Å². The summed E-state index contributed by atoms with van der Waals surface area (Å²) in [5.74, 6) is -0.939. The van der Waals surface area contributed by atoms with Crippen molar-refractivity contribution in [2.75, 3.05) is 13.1 Å². The highest BCUT2D eigenvalue weighted by Crippen LogP contribution is 2.03. The van der Waals surface area contributed by atoms with Gasteiger partial charge in [0, 0.05) is 31.1 Å². The van der Waals surface area contributed by atoms with Crippen molar-refractivity contribution < 1.29 is 29.1 Å². The van der Waals surface area contributed by atoms with Crippen LogP contribution in [0, 0.1) is 6.92 Å². The summed E-state index contributed by atoms with van der Waals surface area (Å²) >= 11 is 0. The summed E-state index contributed by atoms with van der Waals surface area (Å²) < 4.78 is 0. The highest BCUT2D eigenvalue weighted by molar-refractivity contribution is 5.94. The van der Waals surface area contributed by atoms with Crippen LogP contribution in [0.3, 0.4) is 0 Å². The average Bonchev–Trinajstić information content (AvgIpc) is 2.66. The van der Waals surface area contributed by atoms with Gasteiger partial charge < -0.3 is 21.1 Å². The minimum absolute atomic E-state index is 0.0375. The van der Waals surface area contributed by atoms with Gasteiger partial charge in [-0.3, -0.25) is 9.59 Å². The van der Waals surface area contributed by atoms with Crippen LogP contribution in [-0.2, 0) is 14.4 Å². The lowest BCUT2D eigenvalue weighted by molar-refractivity contribution is -0.191. The minimum atomic E-state index is -0.867. The third-order valence-electron chi connectivity index (χ3n) is 3.91. The van der Waals surface area contributed by atoms with Gasteiger partial charge in [0.15, 0.2) is 0 Å². The second-order valence-electron chi connectivity index (χ2n) is 6.50. The molecule has 1 aromatic rings. The van der Waals surface area contributed by atoms with E-state index in [1.807, 2.05) is 31.2 Å². The molecule has 0 saturated heterocycles. The molecule has 9 nitrogen and oxygen atoms in total. The Morgan fingerprint density at radius 2 is 1.55 bits per heavy atom. The van der Waals surface area contributed by atoms with Crippen LogP contribution in [0.15, 0.2) is 24.3 Å². The number of hydrogen-bond donors (Lipinski definition) is 4. The zero-order chi connectivity index (χ0) is 22.1. The summed E-state index contributed by atoms with van der Waals surface area (Å²) in [5.41, 5.74) is 1.78. The molecule has 0 aromatic heterocycles. The van der Waals surface area contributed by atoms with Crippen LogP contribution in [0.2, 0.25) is 0 Å². The quantitative estimate of drug-likeness (QED) is 0.413. The SMILES string of the molecule is Cc1ccc(C(=O)NCCCCCNC(=O)NC(C)CCC(=O)O)cc1.O=C=O. The van der Waals surface area contributed by atoms with E-state index < -0.39 is 5.97 Å². The average molecular weight is 407 g/mol. The van der Waals surface area contributed by atoms with Crippen LogP contribution in [0.4, 0.5) is 4.79 Å². The predicted molar refractivity (Wildman–Crippen MR) is 105 cm³/mol. The molecular weight excluding hydrogens is 378 g/mol. The number of hydrogen-bond acceptors (Lipinski definition) is 5. The van der Waals surface area contributed by atoms with Crippen LogP contribution in [0.25, 0.3) is 0 Å². The van der Waals surface area contributed by atoms with Gasteiger partial charge in [0.2, 0.25) is 0 Å². The first-order valence-corrected chi connectivity index (χ1v) is 9.40. The van der Waals surface area contributed by atoms with Gasteiger partial charge in [-0.25, -0.2) is 4.79 Å². The van der Waals surface area contributed by atoms with Gasteiger partial charge in [-0.05, 0) is 51.7 Å². The zero-order valence-corrected chi connectivity index (χ0v) is 16.8. The van der Waals surface area contributed by atoms with Gasteiger partial charge in [-0.1, -0.05) is 17.7 Å². The molecule has 0 aliphatic heterocycles. The van der Waals surface area contributed by atoms with E-state index in [0.29, 0.717) is 25.1 Å². The number of amides is 3. The maximum absolute atomic E-state index is 11.9. The van der Waals surface area contributed by atoms with E-state index in [4.69, 9.17) is 14.7 Å². The van der Waals surface area contributed by atoms with E-state index >= 15 is 0 Å². The Labute approximate surface area is 170 Å². The van der Waals surface area contributed by atoms with Crippen molar-refractivity contribution in [3.05, 3.63) is 35.4 Å². The smallest absolute Gasteiger partial charge is 0.373 e. The summed E-state index contributed by atoms with van der Waals surface area (Å²) in [6.45, 7) is 4.90. The molecule has 0 heterocycles. The van der Waals surface area contributed by atoms with Crippen molar-refractivity contribution in [3.63, 3.8) is 0 Å². The number of carbonyl (C=O) groups excluding carboxylic acids is 4. The molecule has 0 spiro atoms. The molecule has 1 rings (SSSR count). The van der Waals surface area contributed by atoms with Crippen molar-refractivity contribution in [2.24, 2.45) is 0 Å². The Balaban J connectivity index is 0.00000245. The number of unbranched alkanes of at least 4 members (excludes halogenated alkanes) is 2. The lowest BCUT2D eigenvalue weighted by Crippen LogP contribution is -2.41. The molecule has 0 saturated carbocycles. The fourth-order valence-electron chi connectivity index (χ4n) is 2.32. The van der Waals surface area contributed by atoms with Crippen molar-refractivity contribution in [3.8, 4) is 0 Å². The maximum Gasteiger partial charge on any atom is 0.373 e. The van der Waals surface area contributed by atoms with E-state index in [0.717, 1.165) is 24.8 Å². The van der Waals surface area contributed by atoms with Crippen molar-refractivity contribution in [1.29, 1.82) is 0 Å². The summed E-state index contributed by atoms with van der Waals surface area (Å²) in [4.78, 5) is 50.3. The number of benzene rings is 1. The maximum atomic E-state index is 11.9. The van der Waals surface area contributed by atoms with E-state index in [1.165, 1.54) is 0 Å². The molecule has 0 aliphatic rings. The third kappa shape index (κ3) is 14.5. The summed E-state index contributed by atoms with van der Waals surface area (Å²) in [7, 11) is 0.